The fraction of sp³-hybridized carbons (Fsp3) is 0.173. The Labute approximate surface area is 396 Å². The fourth-order valence-corrected chi connectivity index (χ4v) is 9.32. The molecule has 0 unspecified atom stereocenters. The van der Waals surface area contributed by atoms with E-state index in [1.165, 1.54) is 84.9 Å². The van der Waals surface area contributed by atoms with E-state index in [1.54, 1.807) is 48.5 Å². The lowest BCUT2D eigenvalue weighted by molar-refractivity contribution is 0.103. The Morgan fingerprint density at radius 3 is 1.21 bits per heavy atom. The highest BCUT2D eigenvalue weighted by Crippen LogP contribution is 2.38. The smallest absolute Gasteiger partial charge is 0.298 e. The Morgan fingerprint density at radius 2 is 0.824 bits per heavy atom. The molecule has 0 aromatic heterocycles. The zero-order valence-electron chi connectivity index (χ0n) is 37.8. The van der Waals surface area contributed by atoms with Gasteiger partial charge in [-0.2, -0.15) is 16.8 Å². The van der Waals surface area contributed by atoms with Crippen LogP contribution >= 0.6 is 0 Å². The lowest BCUT2D eigenvalue weighted by Gasteiger charge is -2.24. The van der Waals surface area contributed by atoms with E-state index in [9.17, 15) is 39.2 Å². The van der Waals surface area contributed by atoms with Gasteiger partial charge >= 0.3 is 0 Å². The van der Waals surface area contributed by atoms with Crippen LogP contribution in [0.25, 0.3) is 11.1 Å². The maximum Gasteiger partial charge on any atom is 0.298 e. The monoisotopic (exact) mass is 976 g/mol. The van der Waals surface area contributed by atoms with Crippen LogP contribution in [-0.2, 0) is 35.5 Å². The number of benzene rings is 7. The third-order valence-corrected chi connectivity index (χ3v) is 14.5. The van der Waals surface area contributed by atoms with Crippen LogP contribution in [0.15, 0.2) is 177 Å². The summed E-state index contributed by atoms with van der Waals surface area (Å²) in [6, 6.07) is 39.0. The minimum atomic E-state index is -4.95. The number of ketones is 1. The molecule has 0 aliphatic rings. The first kappa shape index (κ1) is 49.1. The van der Waals surface area contributed by atoms with Crippen molar-refractivity contribution in [1.29, 1.82) is 0 Å². The first-order valence-corrected chi connectivity index (χ1v) is 25.5. The quantitative estimate of drug-likeness (QED) is 0.0686. The van der Waals surface area contributed by atoms with Gasteiger partial charge in [-0.15, -0.1) is 0 Å². The van der Waals surface area contributed by atoms with Crippen LogP contribution in [0.1, 0.15) is 69.4 Å². The van der Waals surface area contributed by atoms with Crippen molar-refractivity contribution in [3.05, 3.63) is 174 Å². The zero-order chi connectivity index (χ0) is 49.2. The molecule has 2 N–H and O–H groups in total. The minimum absolute atomic E-state index is 0.0293. The number of carbonyl (C=O) groups is 1. The van der Waals surface area contributed by atoms with Crippen molar-refractivity contribution in [2.24, 2.45) is 0 Å². The number of ether oxygens (including phenoxy) is 4. The Kier molecular flexibility index (Phi) is 13.8. The molecular formula is C52H48O13S3. The van der Waals surface area contributed by atoms with Gasteiger partial charge in [0.25, 0.3) is 20.2 Å². The summed E-state index contributed by atoms with van der Waals surface area (Å²) in [6.07, 6.45) is 0.848. The minimum Gasteiger partial charge on any atom is -0.488 e. The Hall–Kier alpha value is -6.82. The summed E-state index contributed by atoms with van der Waals surface area (Å²) in [7, 11) is -13.8. The molecule has 352 valence electrons. The first-order valence-electron chi connectivity index (χ1n) is 21.2. The van der Waals surface area contributed by atoms with Gasteiger partial charge in [0.15, 0.2) is 5.78 Å². The van der Waals surface area contributed by atoms with Crippen LogP contribution < -0.4 is 18.9 Å². The van der Waals surface area contributed by atoms with E-state index in [2.05, 4.69) is 6.92 Å². The van der Waals surface area contributed by atoms with Crippen LogP contribution in [-0.4, -0.2) is 45.7 Å². The molecule has 0 aliphatic carbocycles. The number of carbonyl (C=O) groups excluding carboxylic acids is 1. The van der Waals surface area contributed by atoms with Gasteiger partial charge in [-0.05, 0) is 176 Å². The average molecular weight is 977 g/mol. The maximum atomic E-state index is 13.3. The van der Waals surface area contributed by atoms with E-state index in [1.807, 2.05) is 46.8 Å². The molecule has 7 aromatic carbocycles. The summed E-state index contributed by atoms with van der Waals surface area (Å²) < 4.78 is 121. The van der Waals surface area contributed by atoms with E-state index in [-0.39, 0.29) is 60.7 Å². The molecule has 0 amide bonds. The van der Waals surface area contributed by atoms with Crippen molar-refractivity contribution in [2.45, 2.75) is 78.6 Å². The van der Waals surface area contributed by atoms with E-state index >= 15 is 0 Å². The molecule has 13 nitrogen and oxygen atoms in total. The van der Waals surface area contributed by atoms with E-state index < -0.39 is 39.9 Å². The van der Waals surface area contributed by atoms with Crippen molar-refractivity contribution < 1.29 is 58.1 Å². The second kappa shape index (κ2) is 19.1. The standard InChI is InChI=1S/C52H48O13S3/c1-7-52(5,6)65-43-22-20-40(21-23-43)62-39-16-8-34(9-17-39)50(53)35-10-18-41(19-11-35)63-46-30-12-36(32-48(46)67(56,57)58)37-13-31-47(49(33-37)68(59,60)61)64-42-24-28-45(29-25-42)66(54,55)44-26-14-38(15-27-44)51(2,3)4/h8-33H,7H2,1-6H3,(H,56,57,58)(H,59,60,61). The van der Waals surface area contributed by atoms with Crippen molar-refractivity contribution in [3.63, 3.8) is 0 Å². The van der Waals surface area contributed by atoms with Crippen LogP contribution in [0, 0.1) is 0 Å². The highest BCUT2D eigenvalue weighted by Gasteiger charge is 2.24. The van der Waals surface area contributed by atoms with Gasteiger partial charge in [0, 0.05) is 11.1 Å². The van der Waals surface area contributed by atoms with Gasteiger partial charge in [0.1, 0.15) is 55.6 Å². The molecule has 0 atom stereocenters. The van der Waals surface area contributed by atoms with Gasteiger partial charge in [-0.3, -0.25) is 13.9 Å². The van der Waals surface area contributed by atoms with Gasteiger partial charge in [0.05, 0.1) is 9.79 Å². The van der Waals surface area contributed by atoms with Gasteiger partial charge in [-0.25, -0.2) is 8.42 Å². The predicted molar refractivity (Wildman–Crippen MR) is 257 cm³/mol. The average Bonchev–Trinajstić information content (AvgIpc) is 3.29. The summed E-state index contributed by atoms with van der Waals surface area (Å²) in [4.78, 5) is 12.1. The molecule has 7 rings (SSSR count). The van der Waals surface area contributed by atoms with Crippen molar-refractivity contribution in [3.8, 4) is 51.4 Å². The Bertz CT molecular complexity index is 3310. The summed E-state index contributed by atoms with van der Waals surface area (Å²) in [5.41, 5.74) is 1.42. The molecule has 0 aliphatic heterocycles. The number of hydrogen-bond donors (Lipinski definition) is 2. The molecule has 0 radical (unpaired) electrons. The van der Waals surface area contributed by atoms with Crippen molar-refractivity contribution in [1.82, 2.24) is 0 Å². The Morgan fingerprint density at radius 1 is 0.471 bits per heavy atom. The topological polar surface area (TPSA) is 197 Å². The van der Waals surface area contributed by atoms with E-state index in [4.69, 9.17) is 18.9 Å². The second-order valence-corrected chi connectivity index (χ2v) is 22.1. The molecule has 0 saturated heterocycles. The molecular weight excluding hydrogens is 929 g/mol. The molecule has 68 heavy (non-hydrogen) atoms. The van der Waals surface area contributed by atoms with Crippen LogP contribution in [0.5, 0.6) is 40.2 Å². The molecule has 0 bridgehead atoms. The lowest BCUT2D eigenvalue weighted by atomic mass is 9.87. The molecule has 0 fully saturated rings. The molecule has 0 saturated carbocycles. The second-order valence-electron chi connectivity index (χ2n) is 17.4. The summed E-state index contributed by atoms with van der Waals surface area (Å²) >= 11 is 0. The lowest BCUT2D eigenvalue weighted by Crippen LogP contribution is -2.26. The van der Waals surface area contributed by atoms with Crippen LogP contribution in [0.2, 0.25) is 0 Å². The Balaban J connectivity index is 1.04. The normalized spacial score (nSPS) is 12.3. The van der Waals surface area contributed by atoms with E-state index in [0.29, 0.717) is 22.6 Å². The van der Waals surface area contributed by atoms with Gasteiger partial charge in [0.2, 0.25) is 9.84 Å². The van der Waals surface area contributed by atoms with Crippen LogP contribution in [0.3, 0.4) is 0 Å². The number of rotatable bonds is 16. The van der Waals surface area contributed by atoms with Crippen molar-refractivity contribution in [2.75, 3.05) is 0 Å². The SMILES string of the molecule is CCC(C)(C)Oc1ccc(Oc2ccc(C(=O)c3ccc(Oc4ccc(-c5ccc(Oc6ccc(S(=O)(=O)c7ccc(C(C)(C)C)cc7)cc6)c(S(=O)(=O)O)c5)cc4S(=O)(=O)O)cc3)cc2)cc1. The summed E-state index contributed by atoms with van der Waals surface area (Å²) in [5.74, 6) is 1.14. The zero-order valence-corrected chi connectivity index (χ0v) is 40.3. The first-order chi connectivity index (χ1) is 31.9. The maximum absolute atomic E-state index is 13.3. The predicted octanol–water partition coefficient (Wildman–Crippen LogP) is 12.2. The molecule has 16 heteroatoms. The summed E-state index contributed by atoms with van der Waals surface area (Å²) in [5, 5.41) is 0. The number of sulfone groups is 1. The van der Waals surface area contributed by atoms with Crippen LogP contribution in [0.4, 0.5) is 0 Å². The summed E-state index contributed by atoms with van der Waals surface area (Å²) in [6.45, 7) is 12.1. The van der Waals surface area contributed by atoms with Gasteiger partial charge in [-0.1, -0.05) is 52.0 Å². The molecule has 0 heterocycles. The molecule has 7 aromatic rings. The fourth-order valence-electron chi connectivity index (χ4n) is 6.78. The third-order valence-electron chi connectivity index (χ3n) is 10.9. The third kappa shape index (κ3) is 11.6. The molecule has 0 spiro atoms. The van der Waals surface area contributed by atoms with E-state index in [0.717, 1.165) is 29.9 Å². The van der Waals surface area contributed by atoms with Gasteiger partial charge < -0.3 is 18.9 Å². The largest absolute Gasteiger partial charge is 0.488 e. The highest BCUT2D eigenvalue weighted by molar-refractivity contribution is 7.91. The van der Waals surface area contributed by atoms with Crippen molar-refractivity contribution >= 4 is 35.9 Å². The highest BCUT2D eigenvalue weighted by atomic mass is 32.2. The number of hydrogen-bond acceptors (Lipinski definition) is 11.